The maximum absolute atomic E-state index is 10.6. The molecule has 0 radical (unpaired) electrons. The molecule has 0 aromatic carbocycles. The molecule has 0 fully saturated rings. The summed E-state index contributed by atoms with van der Waals surface area (Å²) in [6, 6.07) is -0.685. The van der Waals surface area contributed by atoms with Gasteiger partial charge in [-0.3, -0.25) is 4.55 Å². The van der Waals surface area contributed by atoms with Gasteiger partial charge in [-0.15, -0.1) is 4.41 Å². The zero-order valence-corrected chi connectivity index (χ0v) is 6.51. The first kappa shape index (κ1) is 5.48. The van der Waals surface area contributed by atoms with E-state index in [1.807, 2.05) is 0 Å². The zero-order chi connectivity index (χ0) is 10.9. The fourth-order valence-corrected chi connectivity index (χ4v) is 1.10. The average molecular weight is 171 g/mol. The van der Waals surface area contributed by atoms with Crippen LogP contribution >= 0.6 is 0 Å². The molecule has 0 aromatic heterocycles. The molecule has 0 heterocycles. The molecule has 0 saturated heterocycles. The Hall–Kier alpha value is -0.170. The fourth-order valence-electron chi connectivity index (χ4n) is 0.453. The van der Waals surface area contributed by atoms with Gasteiger partial charge < -0.3 is 0 Å². The second kappa shape index (κ2) is 3.29. The van der Waals surface area contributed by atoms with Gasteiger partial charge >= 0.3 is 10.3 Å². The van der Waals surface area contributed by atoms with Gasteiger partial charge in [0.2, 0.25) is 0 Å². The minimum Gasteiger partial charge on any atom is -0.272 e. The van der Waals surface area contributed by atoms with Crippen LogP contribution in [0.1, 0.15) is 18.0 Å². The zero-order valence-electron chi connectivity index (χ0n) is 8.70. The summed E-state index contributed by atoms with van der Waals surface area (Å²) in [5.74, 6) is 0. The van der Waals surface area contributed by atoms with E-state index in [9.17, 15) is 8.42 Å². The van der Waals surface area contributed by atoms with Crippen LogP contribution in [-0.4, -0.2) is 30.4 Å². The summed E-state index contributed by atoms with van der Waals surface area (Å²) in [5, 5.41) is 0. The third-order valence-corrected chi connectivity index (χ3v) is 1.84. The highest BCUT2D eigenvalue weighted by Crippen LogP contribution is 1.97. The van der Waals surface area contributed by atoms with Crippen molar-refractivity contribution in [3.63, 3.8) is 0 Å². The van der Waals surface area contributed by atoms with Crippen LogP contribution in [0.4, 0.5) is 0 Å². The maximum atomic E-state index is 10.6. The number of hydrogen-bond acceptors (Lipinski definition) is 3. The Bertz CT molecular complexity index is 260. The summed E-state index contributed by atoms with van der Waals surface area (Å²) < 4.78 is 50.3. The molecule has 0 amide bonds. The van der Waals surface area contributed by atoms with Crippen LogP contribution in [0, 0.1) is 0 Å². The quantitative estimate of drug-likeness (QED) is 0.449. The summed E-state index contributed by atoms with van der Waals surface area (Å²) in [6.07, 6.45) is 0. The molecule has 6 heteroatoms. The molecule has 0 aliphatic heterocycles. The van der Waals surface area contributed by atoms with Crippen LogP contribution < -0.4 is 5.43 Å². The van der Waals surface area contributed by atoms with Gasteiger partial charge in [-0.2, -0.15) is 8.42 Å². The largest absolute Gasteiger partial charge is 0.349 e. The Balaban J connectivity index is 4.67. The van der Waals surface area contributed by atoms with Crippen molar-refractivity contribution in [3.8, 4) is 0 Å². The molecular weight excluding hydrogens is 156 g/mol. The Morgan fingerprint density at radius 1 is 1.70 bits per heavy atom. The number of nitrogens with one attached hydrogen (secondary N) is 1. The molecule has 10 heavy (non-hydrogen) atoms. The molecule has 62 valence electrons. The highest BCUT2D eigenvalue weighted by molar-refractivity contribution is 7.83. The number of hydrogen-bond donors (Lipinski definition) is 2. The van der Waals surface area contributed by atoms with Gasteiger partial charge in [0.15, 0.2) is 0 Å². The maximum Gasteiger partial charge on any atom is 0.349 e. The summed E-state index contributed by atoms with van der Waals surface area (Å²) >= 11 is 0. The molecule has 0 saturated carbocycles. The molecule has 0 aromatic rings. The van der Waals surface area contributed by atoms with Crippen molar-refractivity contribution in [1.29, 1.82) is 0 Å². The fraction of sp³-hybridized carbons (Fsp3) is 1.00. The lowest BCUT2D eigenvalue weighted by molar-refractivity contribution is 0.258. The van der Waals surface area contributed by atoms with E-state index in [2.05, 4.69) is 0 Å². The monoisotopic (exact) mass is 171 g/mol. The molecule has 0 atom stereocenters. The van der Waals surface area contributed by atoms with Crippen LogP contribution in [0.15, 0.2) is 0 Å². The number of rotatable bonds is 3. The van der Waals surface area contributed by atoms with Crippen molar-refractivity contribution in [3.05, 3.63) is 0 Å². The lowest BCUT2D eigenvalue weighted by Gasteiger charge is -2.20. The Morgan fingerprint density at radius 3 is 2.30 bits per heavy atom. The first-order valence-electron chi connectivity index (χ1n) is 4.08. The minimum absolute atomic E-state index is 0.278. The van der Waals surface area contributed by atoms with Crippen molar-refractivity contribution in [2.24, 2.45) is 0 Å². The second-order valence-corrected chi connectivity index (χ2v) is 3.27. The summed E-state index contributed by atoms with van der Waals surface area (Å²) in [7, 11) is -4.54. The molecule has 0 bridgehead atoms. The lowest BCUT2D eigenvalue weighted by Crippen LogP contribution is -2.44. The third-order valence-electron chi connectivity index (χ3n) is 0.828. The van der Waals surface area contributed by atoms with Crippen LogP contribution in [0.25, 0.3) is 0 Å². The normalized spacial score (nSPS) is 18.7. The van der Waals surface area contributed by atoms with Gasteiger partial charge in [0.05, 0.1) is 0 Å². The van der Waals surface area contributed by atoms with Gasteiger partial charge in [0.25, 0.3) is 0 Å². The molecule has 0 unspecified atom stereocenters. The van der Waals surface area contributed by atoms with E-state index in [0.29, 0.717) is 0 Å². The van der Waals surface area contributed by atoms with Gasteiger partial charge in [-0.25, -0.2) is 5.43 Å². The Kier molecular flexibility index (Phi) is 1.80. The van der Waals surface area contributed by atoms with Crippen LogP contribution in [0.2, 0.25) is 0 Å². The predicted octanol–water partition coefficient (Wildman–Crippen LogP) is -0.366. The van der Waals surface area contributed by atoms with Crippen LogP contribution in [0.5, 0.6) is 0 Å². The van der Waals surface area contributed by atoms with Gasteiger partial charge in [0.1, 0.15) is 0 Å². The molecule has 2 N–H and O–H groups in total. The molecule has 0 spiro atoms. The summed E-state index contributed by atoms with van der Waals surface area (Å²) in [4.78, 5) is 0. The standard InChI is InChI=1S/C4H12N2O3S/c1-4(2)6(5-3)10(7,8)9/h4-5H,1-3H3,(H,7,8,9)/i3D3. The predicted molar refractivity (Wildman–Crippen MR) is 37.6 cm³/mol. The lowest BCUT2D eigenvalue weighted by atomic mass is 10.4. The van der Waals surface area contributed by atoms with E-state index in [-0.39, 0.29) is 4.41 Å². The minimum atomic E-state index is -4.54. The number of hydrazine groups is 1. The molecule has 5 nitrogen and oxygen atoms in total. The third kappa shape index (κ3) is 2.61. The van der Waals surface area contributed by atoms with Crippen molar-refractivity contribution in [2.45, 2.75) is 19.9 Å². The van der Waals surface area contributed by atoms with Crippen molar-refractivity contribution in [2.75, 3.05) is 6.98 Å². The van der Waals surface area contributed by atoms with E-state index < -0.39 is 23.3 Å². The molecule has 0 aliphatic carbocycles. The summed E-state index contributed by atoms with van der Waals surface area (Å²) in [6.45, 7) is 0.194. The van der Waals surface area contributed by atoms with Gasteiger partial charge in [0, 0.05) is 10.2 Å². The van der Waals surface area contributed by atoms with Crippen molar-refractivity contribution < 1.29 is 17.1 Å². The topological polar surface area (TPSA) is 69.6 Å². The highest BCUT2D eigenvalue weighted by Gasteiger charge is 2.19. The van der Waals surface area contributed by atoms with Crippen molar-refractivity contribution in [1.82, 2.24) is 9.84 Å². The highest BCUT2D eigenvalue weighted by atomic mass is 32.2. The molecule has 0 aliphatic rings. The Morgan fingerprint density at radius 2 is 2.20 bits per heavy atom. The first-order chi connectivity index (χ1) is 5.54. The van der Waals surface area contributed by atoms with Crippen molar-refractivity contribution >= 4 is 10.3 Å². The molecule has 0 rings (SSSR count). The van der Waals surface area contributed by atoms with E-state index >= 15 is 0 Å². The van der Waals surface area contributed by atoms with E-state index in [1.165, 1.54) is 13.8 Å². The van der Waals surface area contributed by atoms with Gasteiger partial charge in [-0.05, 0) is 20.8 Å². The second-order valence-electron chi connectivity index (χ2n) is 1.98. The van der Waals surface area contributed by atoms with E-state index in [1.54, 1.807) is 5.43 Å². The average Bonchev–Trinajstić information content (AvgIpc) is 1.77. The molecular formula is C4H12N2O3S. The van der Waals surface area contributed by atoms with E-state index in [0.717, 1.165) is 0 Å². The van der Waals surface area contributed by atoms with Crippen LogP contribution in [-0.2, 0) is 10.3 Å². The Labute approximate surface area is 65.1 Å². The smallest absolute Gasteiger partial charge is 0.272 e. The van der Waals surface area contributed by atoms with Crippen LogP contribution in [0.3, 0.4) is 0 Å². The van der Waals surface area contributed by atoms with Gasteiger partial charge in [-0.1, -0.05) is 0 Å². The SMILES string of the molecule is [2H]C([2H])([2H])NN(C(C)C)S(=O)(=O)O. The summed E-state index contributed by atoms with van der Waals surface area (Å²) in [5.41, 5.74) is 1.69. The number of nitrogens with zero attached hydrogens (tertiary/aromatic N) is 1. The van der Waals surface area contributed by atoms with E-state index in [4.69, 9.17) is 8.67 Å². The first-order valence-corrected chi connectivity index (χ1v) is 3.98.